The summed E-state index contributed by atoms with van der Waals surface area (Å²) in [5.41, 5.74) is 6.40. The Kier molecular flexibility index (Phi) is 3.58. The molecular weight excluding hydrogens is 274 g/mol. The SMILES string of the molecule is COC1CCN(c2nc3c(C(N)=O)[c]ccc3s2)CC1. The number of hydrogen-bond acceptors (Lipinski definition) is 5. The maximum absolute atomic E-state index is 11.4. The number of rotatable bonds is 3. The molecule has 5 nitrogen and oxygen atoms in total. The summed E-state index contributed by atoms with van der Waals surface area (Å²) < 4.78 is 6.35. The molecule has 1 saturated heterocycles. The Morgan fingerprint density at radius 3 is 2.95 bits per heavy atom. The van der Waals surface area contributed by atoms with Crippen LogP contribution in [-0.2, 0) is 4.74 Å². The number of carbonyl (C=O) groups is 1. The standard InChI is InChI=1S/C14H16N3O2S/c1-19-9-5-7-17(8-6-9)14-16-12-10(13(15)18)3-2-4-11(12)20-14/h2,4,9H,5-8H2,1H3,(H2,15,18). The van der Waals surface area contributed by atoms with Crippen molar-refractivity contribution in [3.63, 3.8) is 0 Å². The summed E-state index contributed by atoms with van der Waals surface area (Å²) in [7, 11) is 1.76. The Balaban J connectivity index is 1.90. The summed E-state index contributed by atoms with van der Waals surface area (Å²) >= 11 is 1.59. The lowest BCUT2D eigenvalue weighted by molar-refractivity contribution is 0.0819. The summed E-state index contributed by atoms with van der Waals surface area (Å²) in [6.07, 6.45) is 2.35. The number of nitrogens with two attached hydrogens (primary N) is 1. The Morgan fingerprint density at radius 1 is 1.55 bits per heavy atom. The van der Waals surface area contributed by atoms with E-state index in [0.29, 0.717) is 17.2 Å². The molecule has 6 heteroatoms. The van der Waals surface area contributed by atoms with Crippen LogP contribution < -0.4 is 10.6 Å². The Hall–Kier alpha value is -1.66. The number of amides is 1. The van der Waals surface area contributed by atoms with E-state index in [-0.39, 0.29) is 0 Å². The third-order valence-electron chi connectivity index (χ3n) is 3.63. The van der Waals surface area contributed by atoms with E-state index in [1.807, 2.05) is 6.07 Å². The summed E-state index contributed by atoms with van der Waals surface area (Å²) in [5, 5.41) is 0.941. The molecule has 1 aromatic carbocycles. The Morgan fingerprint density at radius 2 is 2.30 bits per heavy atom. The molecule has 105 valence electrons. The highest BCUT2D eigenvalue weighted by molar-refractivity contribution is 7.22. The second-order valence-corrected chi connectivity index (χ2v) is 5.86. The molecule has 2 aromatic rings. The number of benzene rings is 1. The van der Waals surface area contributed by atoms with Gasteiger partial charge in [0, 0.05) is 20.2 Å². The molecule has 0 atom stereocenters. The van der Waals surface area contributed by atoms with E-state index in [0.717, 1.165) is 35.8 Å². The minimum absolute atomic E-state index is 0.343. The molecule has 1 amide bonds. The van der Waals surface area contributed by atoms with Crippen LogP contribution in [0.15, 0.2) is 12.1 Å². The van der Waals surface area contributed by atoms with Gasteiger partial charge >= 0.3 is 0 Å². The molecule has 2 heterocycles. The molecule has 0 bridgehead atoms. The smallest absolute Gasteiger partial charge is 0.251 e. The number of carbonyl (C=O) groups excluding carboxylic acids is 1. The van der Waals surface area contributed by atoms with E-state index in [4.69, 9.17) is 10.5 Å². The molecule has 1 radical (unpaired) electrons. The van der Waals surface area contributed by atoms with Gasteiger partial charge in [0.15, 0.2) is 5.13 Å². The lowest BCUT2D eigenvalue weighted by atomic mass is 10.1. The topological polar surface area (TPSA) is 68.4 Å². The van der Waals surface area contributed by atoms with Crippen LogP contribution in [0.4, 0.5) is 5.13 Å². The predicted molar refractivity (Wildman–Crippen MR) is 79.2 cm³/mol. The molecule has 0 aliphatic carbocycles. The number of anilines is 1. The zero-order valence-electron chi connectivity index (χ0n) is 11.3. The number of primary amides is 1. The van der Waals surface area contributed by atoms with Gasteiger partial charge in [0.05, 0.1) is 21.9 Å². The van der Waals surface area contributed by atoms with Crippen molar-refractivity contribution in [1.82, 2.24) is 4.98 Å². The first-order valence-electron chi connectivity index (χ1n) is 6.58. The van der Waals surface area contributed by atoms with Crippen LogP contribution in [0.1, 0.15) is 23.2 Å². The zero-order chi connectivity index (χ0) is 14.1. The summed E-state index contributed by atoms with van der Waals surface area (Å²) in [6, 6.07) is 6.52. The fourth-order valence-electron chi connectivity index (χ4n) is 2.49. The monoisotopic (exact) mass is 290 g/mol. The number of nitrogens with zero attached hydrogens (tertiary/aromatic N) is 2. The second-order valence-electron chi connectivity index (χ2n) is 4.85. The molecule has 0 saturated carbocycles. The van der Waals surface area contributed by atoms with Crippen LogP contribution in [0.3, 0.4) is 0 Å². The van der Waals surface area contributed by atoms with Crippen molar-refractivity contribution < 1.29 is 9.53 Å². The van der Waals surface area contributed by atoms with E-state index >= 15 is 0 Å². The van der Waals surface area contributed by atoms with Crippen molar-refractivity contribution in [2.45, 2.75) is 18.9 Å². The van der Waals surface area contributed by atoms with Gasteiger partial charge in [0.2, 0.25) is 0 Å². The van der Waals surface area contributed by atoms with Crippen molar-refractivity contribution in [1.29, 1.82) is 0 Å². The fourth-order valence-corrected chi connectivity index (χ4v) is 3.51. The highest BCUT2D eigenvalue weighted by Crippen LogP contribution is 2.32. The molecular formula is C14H16N3O2S. The van der Waals surface area contributed by atoms with Crippen molar-refractivity contribution >= 4 is 32.6 Å². The summed E-state index contributed by atoms with van der Waals surface area (Å²) in [4.78, 5) is 18.2. The van der Waals surface area contributed by atoms with Gasteiger partial charge in [0.1, 0.15) is 0 Å². The molecule has 3 rings (SSSR count). The van der Waals surface area contributed by atoms with E-state index in [1.165, 1.54) is 0 Å². The lowest BCUT2D eigenvalue weighted by Gasteiger charge is -2.30. The van der Waals surface area contributed by atoms with Gasteiger partial charge in [-0.2, -0.15) is 0 Å². The van der Waals surface area contributed by atoms with E-state index < -0.39 is 5.91 Å². The first-order valence-corrected chi connectivity index (χ1v) is 7.39. The van der Waals surface area contributed by atoms with Gasteiger partial charge in [-0.15, -0.1) is 0 Å². The van der Waals surface area contributed by atoms with Crippen LogP contribution in [0, 0.1) is 6.07 Å². The van der Waals surface area contributed by atoms with Gasteiger partial charge < -0.3 is 15.4 Å². The Bertz CT molecular complexity index is 632. The third-order valence-corrected chi connectivity index (χ3v) is 4.71. The third kappa shape index (κ3) is 2.36. The van der Waals surface area contributed by atoms with Crippen LogP contribution in [0.2, 0.25) is 0 Å². The number of aromatic nitrogens is 1. The maximum atomic E-state index is 11.4. The lowest BCUT2D eigenvalue weighted by Crippen LogP contribution is -2.36. The van der Waals surface area contributed by atoms with Crippen molar-refractivity contribution in [3.8, 4) is 0 Å². The van der Waals surface area contributed by atoms with Gasteiger partial charge in [-0.05, 0) is 25.0 Å². The molecule has 0 unspecified atom stereocenters. The van der Waals surface area contributed by atoms with Crippen LogP contribution in [0.25, 0.3) is 10.2 Å². The number of methoxy groups -OCH3 is 1. The Labute approximate surface area is 121 Å². The first kappa shape index (κ1) is 13.3. The number of hydrogen-bond donors (Lipinski definition) is 1. The molecule has 0 spiro atoms. The molecule has 20 heavy (non-hydrogen) atoms. The minimum atomic E-state index is -0.481. The molecule has 2 N–H and O–H groups in total. The van der Waals surface area contributed by atoms with Crippen LogP contribution in [-0.4, -0.2) is 37.2 Å². The molecule has 1 aliphatic heterocycles. The van der Waals surface area contributed by atoms with Gasteiger partial charge in [0.25, 0.3) is 5.91 Å². The van der Waals surface area contributed by atoms with Gasteiger partial charge in [-0.3, -0.25) is 4.79 Å². The fraction of sp³-hybridized carbons (Fsp3) is 0.429. The highest BCUT2D eigenvalue weighted by Gasteiger charge is 2.22. The molecule has 1 aromatic heterocycles. The molecule has 1 fully saturated rings. The number of thiazole rings is 1. The first-order chi connectivity index (χ1) is 9.69. The van der Waals surface area contributed by atoms with E-state index in [9.17, 15) is 4.79 Å². The number of ether oxygens (including phenoxy) is 1. The summed E-state index contributed by atoms with van der Waals surface area (Å²) in [6.45, 7) is 1.85. The number of piperidine rings is 1. The zero-order valence-corrected chi connectivity index (χ0v) is 12.1. The quantitative estimate of drug-likeness (QED) is 0.936. The predicted octanol–water partition coefficient (Wildman–Crippen LogP) is 1.81. The van der Waals surface area contributed by atoms with Gasteiger partial charge in [-0.1, -0.05) is 17.4 Å². The molecule has 1 aliphatic rings. The van der Waals surface area contributed by atoms with Crippen molar-refractivity contribution in [2.75, 3.05) is 25.1 Å². The highest BCUT2D eigenvalue weighted by atomic mass is 32.1. The largest absolute Gasteiger partial charge is 0.381 e. The normalized spacial score (nSPS) is 16.8. The average Bonchev–Trinajstić information content (AvgIpc) is 2.90. The minimum Gasteiger partial charge on any atom is -0.381 e. The second kappa shape index (κ2) is 5.38. The van der Waals surface area contributed by atoms with Crippen molar-refractivity contribution in [3.05, 3.63) is 23.8 Å². The van der Waals surface area contributed by atoms with Crippen LogP contribution >= 0.6 is 11.3 Å². The number of fused-ring (bicyclic) bond motifs is 1. The average molecular weight is 290 g/mol. The summed E-state index contributed by atoms with van der Waals surface area (Å²) in [5.74, 6) is -0.481. The van der Waals surface area contributed by atoms with Crippen LogP contribution in [0.5, 0.6) is 0 Å². The van der Waals surface area contributed by atoms with E-state index in [2.05, 4.69) is 16.0 Å². The maximum Gasteiger partial charge on any atom is 0.251 e. The van der Waals surface area contributed by atoms with Gasteiger partial charge in [-0.25, -0.2) is 4.98 Å². The van der Waals surface area contributed by atoms with Crippen molar-refractivity contribution in [2.24, 2.45) is 5.73 Å². The van der Waals surface area contributed by atoms with E-state index in [1.54, 1.807) is 24.5 Å².